The Bertz CT molecular complexity index is 1300. The summed E-state index contributed by atoms with van der Waals surface area (Å²) in [6.45, 7) is 0. The largest absolute Gasteiger partial charge is 0.154 e. The maximum absolute atomic E-state index is 4.61. The maximum atomic E-state index is 4.61. The van der Waals surface area contributed by atoms with Gasteiger partial charge in [0, 0.05) is 11.3 Å². The molecule has 0 saturated carbocycles. The Labute approximate surface area is 164 Å². The summed E-state index contributed by atoms with van der Waals surface area (Å²) in [6, 6.07) is 23.8. The highest BCUT2D eigenvalue weighted by Crippen LogP contribution is 2.45. The average Bonchev–Trinajstić information content (AvgIpc) is 2.78. The number of nitrogens with zero attached hydrogens (tertiary/aromatic N) is 2. The minimum absolute atomic E-state index is 0.330. The number of aryl methyl sites for hydroxylation is 1. The van der Waals surface area contributed by atoms with Crippen molar-refractivity contribution in [3.05, 3.63) is 101 Å². The van der Waals surface area contributed by atoms with E-state index in [1.807, 2.05) is 12.1 Å². The number of allylic oxidation sites excluding steroid dienone is 4. The van der Waals surface area contributed by atoms with Crippen molar-refractivity contribution in [2.75, 3.05) is 0 Å². The molecule has 1 atom stereocenters. The van der Waals surface area contributed by atoms with Crippen LogP contribution >= 0.6 is 0 Å². The van der Waals surface area contributed by atoms with E-state index in [1.165, 1.54) is 38.4 Å². The van der Waals surface area contributed by atoms with Crippen molar-refractivity contribution in [3.8, 4) is 0 Å². The second kappa shape index (κ2) is 6.13. The maximum Gasteiger partial charge on any atom is 0.0929 e. The molecule has 0 aliphatic heterocycles. The molecule has 1 aromatic heterocycles. The topological polar surface area (TPSA) is 25.8 Å². The molecular weight excluding hydrogens is 340 g/mol. The third kappa shape index (κ3) is 2.34. The summed E-state index contributed by atoms with van der Waals surface area (Å²) in [5.74, 6) is 0.330. The molecule has 0 spiro atoms. The zero-order chi connectivity index (χ0) is 18.5. The molecule has 1 heterocycles. The van der Waals surface area contributed by atoms with Crippen LogP contribution in [-0.2, 0) is 6.42 Å². The van der Waals surface area contributed by atoms with Gasteiger partial charge in [-0.1, -0.05) is 72.3 Å². The first-order chi connectivity index (χ1) is 13.9. The van der Waals surface area contributed by atoms with Gasteiger partial charge in [-0.2, -0.15) is 10.2 Å². The van der Waals surface area contributed by atoms with E-state index in [4.69, 9.17) is 0 Å². The first-order valence-electron chi connectivity index (χ1n) is 10.0. The van der Waals surface area contributed by atoms with E-state index in [0.29, 0.717) is 5.92 Å². The molecule has 0 radical (unpaired) electrons. The van der Waals surface area contributed by atoms with Crippen molar-refractivity contribution in [3.63, 3.8) is 0 Å². The summed E-state index contributed by atoms with van der Waals surface area (Å²) < 4.78 is 0. The van der Waals surface area contributed by atoms with Crippen LogP contribution in [0.1, 0.15) is 35.6 Å². The Balaban J connectivity index is 1.51. The fourth-order valence-corrected chi connectivity index (χ4v) is 4.92. The van der Waals surface area contributed by atoms with E-state index >= 15 is 0 Å². The van der Waals surface area contributed by atoms with Crippen molar-refractivity contribution in [1.29, 1.82) is 0 Å². The van der Waals surface area contributed by atoms with Crippen LogP contribution in [0.4, 0.5) is 0 Å². The highest BCUT2D eigenvalue weighted by atomic mass is 15.1. The molecule has 134 valence electrons. The minimum atomic E-state index is 0.330. The SMILES string of the molecule is C1=CC2=C(CCc3c2ccc2ccccc32)C(c2cc3ccccc3nn2)C1. The van der Waals surface area contributed by atoms with Crippen molar-refractivity contribution >= 4 is 27.2 Å². The van der Waals surface area contributed by atoms with Crippen LogP contribution in [0.25, 0.3) is 27.2 Å². The second-order valence-electron chi connectivity index (χ2n) is 7.77. The Kier molecular flexibility index (Phi) is 3.45. The van der Waals surface area contributed by atoms with Crippen LogP contribution in [0.15, 0.2) is 84.5 Å². The third-order valence-corrected chi connectivity index (χ3v) is 6.27. The highest BCUT2D eigenvalue weighted by molar-refractivity contribution is 5.94. The summed E-state index contributed by atoms with van der Waals surface area (Å²) in [5, 5.41) is 13.0. The van der Waals surface area contributed by atoms with Gasteiger partial charge in [-0.3, -0.25) is 0 Å². The van der Waals surface area contributed by atoms with E-state index in [1.54, 1.807) is 0 Å². The Morgan fingerprint density at radius 1 is 0.786 bits per heavy atom. The molecule has 4 aromatic rings. The molecule has 6 rings (SSSR count). The second-order valence-corrected chi connectivity index (χ2v) is 7.77. The molecular formula is C26H20N2. The van der Waals surface area contributed by atoms with E-state index < -0.39 is 0 Å². The van der Waals surface area contributed by atoms with Gasteiger partial charge < -0.3 is 0 Å². The van der Waals surface area contributed by atoms with Gasteiger partial charge in [0.15, 0.2) is 0 Å². The summed E-state index contributed by atoms with van der Waals surface area (Å²) in [7, 11) is 0. The first-order valence-corrected chi connectivity index (χ1v) is 10.0. The fraction of sp³-hybridized carbons (Fsp3) is 0.154. The quantitative estimate of drug-likeness (QED) is 0.402. The fourth-order valence-electron chi connectivity index (χ4n) is 4.92. The van der Waals surface area contributed by atoms with Gasteiger partial charge >= 0.3 is 0 Å². The number of benzene rings is 3. The lowest BCUT2D eigenvalue weighted by Gasteiger charge is -2.30. The minimum Gasteiger partial charge on any atom is -0.154 e. The molecule has 0 N–H and O–H groups in total. The van der Waals surface area contributed by atoms with Crippen LogP contribution in [-0.4, -0.2) is 10.2 Å². The lowest BCUT2D eigenvalue weighted by Crippen LogP contribution is -2.15. The number of aromatic nitrogens is 2. The smallest absolute Gasteiger partial charge is 0.0929 e. The van der Waals surface area contributed by atoms with Crippen LogP contribution < -0.4 is 0 Å². The molecule has 1 unspecified atom stereocenters. The lowest BCUT2D eigenvalue weighted by atomic mass is 9.74. The van der Waals surface area contributed by atoms with Gasteiger partial charge in [0.05, 0.1) is 11.2 Å². The molecule has 2 aliphatic carbocycles. The van der Waals surface area contributed by atoms with Gasteiger partial charge in [0.1, 0.15) is 0 Å². The van der Waals surface area contributed by atoms with E-state index in [-0.39, 0.29) is 0 Å². The monoisotopic (exact) mass is 360 g/mol. The number of fused-ring (bicyclic) bond motifs is 5. The van der Waals surface area contributed by atoms with Gasteiger partial charge in [-0.15, -0.1) is 0 Å². The lowest BCUT2D eigenvalue weighted by molar-refractivity contribution is 0.702. The summed E-state index contributed by atoms with van der Waals surface area (Å²) in [6.07, 6.45) is 7.84. The number of rotatable bonds is 1. The van der Waals surface area contributed by atoms with E-state index in [2.05, 4.69) is 76.9 Å². The van der Waals surface area contributed by atoms with Gasteiger partial charge in [-0.25, -0.2) is 0 Å². The standard InChI is InChI=1S/C26H20N2/c1-3-8-19-17(6-1)12-13-22-20-9-5-10-24(23(20)15-14-21(19)22)26-16-18-7-2-4-11-25(18)27-28-26/h1-9,11-13,16,24H,10,14-15H2. The zero-order valence-electron chi connectivity index (χ0n) is 15.6. The molecule has 0 amide bonds. The predicted molar refractivity (Wildman–Crippen MR) is 115 cm³/mol. The van der Waals surface area contributed by atoms with Crippen molar-refractivity contribution in [2.24, 2.45) is 0 Å². The van der Waals surface area contributed by atoms with Gasteiger partial charge in [-0.05, 0) is 58.9 Å². The predicted octanol–water partition coefficient (Wildman–Crippen LogP) is 6.23. The average molecular weight is 360 g/mol. The summed E-state index contributed by atoms with van der Waals surface area (Å²) in [4.78, 5) is 0. The molecule has 2 nitrogen and oxygen atoms in total. The zero-order valence-corrected chi connectivity index (χ0v) is 15.6. The van der Waals surface area contributed by atoms with Crippen molar-refractivity contribution in [2.45, 2.75) is 25.2 Å². The van der Waals surface area contributed by atoms with Crippen molar-refractivity contribution < 1.29 is 0 Å². The van der Waals surface area contributed by atoms with E-state index in [9.17, 15) is 0 Å². The highest BCUT2D eigenvalue weighted by Gasteiger charge is 2.28. The van der Waals surface area contributed by atoms with Gasteiger partial charge in [0.2, 0.25) is 0 Å². The molecule has 2 heteroatoms. The summed E-state index contributed by atoms with van der Waals surface area (Å²) >= 11 is 0. The molecule has 0 saturated heterocycles. The molecule has 2 aliphatic rings. The third-order valence-electron chi connectivity index (χ3n) is 6.27. The van der Waals surface area contributed by atoms with Crippen LogP contribution in [0.5, 0.6) is 0 Å². The van der Waals surface area contributed by atoms with E-state index in [0.717, 1.165) is 30.5 Å². The van der Waals surface area contributed by atoms with Crippen molar-refractivity contribution in [1.82, 2.24) is 10.2 Å². The Hall–Kier alpha value is -3.26. The molecule has 3 aromatic carbocycles. The molecule has 0 fully saturated rings. The number of hydrogen-bond acceptors (Lipinski definition) is 2. The Morgan fingerprint density at radius 3 is 2.61 bits per heavy atom. The Morgan fingerprint density at radius 2 is 1.64 bits per heavy atom. The van der Waals surface area contributed by atoms with Gasteiger partial charge in [0.25, 0.3) is 0 Å². The van der Waals surface area contributed by atoms with Crippen LogP contribution in [0.2, 0.25) is 0 Å². The first kappa shape index (κ1) is 15.8. The molecule has 28 heavy (non-hydrogen) atoms. The van der Waals surface area contributed by atoms with Crippen LogP contribution in [0, 0.1) is 0 Å². The number of hydrogen-bond donors (Lipinski definition) is 0. The normalized spacial score (nSPS) is 18.4. The molecule has 0 bridgehead atoms. The summed E-state index contributed by atoms with van der Waals surface area (Å²) in [5.41, 5.74) is 7.88. The van der Waals surface area contributed by atoms with Crippen LogP contribution in [0.3, 0.4) is 0 Å².